The van der Waals surface area contributed by atoms with Crippen molar-refractivity contribution in [3.63, 3.8) is 0 Å². The molecule has 1 aromatic rings. The molecule has 0 saturated carbocycles. The zero-order valence-corrected chi connectivity index (χ0v) is 15.0. The van der Waals surface area contributed by atoms with E-state index in [4.69, 9.17) is 0 Å². The Morgan fingerprint density at radius 3 is 2.41 bits per heavy atom. The van der Waals surface area contributed by atoms with Crippen LogP contribution in [0, 0.1) is 6.92 Å². The van der Waals surface area contributed by atoms with E-state index in [1.807, 2.05) is 17.9 Å². The number of hydrogen-bond acceptors (Lipinski definition) is 6. The van der Waals surface area contributed by atoms with Gasteiger partial charge in [0.15, 0.2) is 0 Å². The first-order chi connectivity index (χ1) is 12.9. The van der Waals surface area contributed by atoms with Crippen LogP contribution in [0.5, 0.6) is 0 Å². The molecule has 1 unspecified atom stereocenters. The van der Waals surface area contributed by atoms with E-state index in [2.05, 4.69) is 5.32 Å². The number of piperidine rings is 2. The molecule has 2 fully saturated rings. The van der Waals surface area contributed by atoms with Crippen LogP contribution in [-0.4, -0.2) is 58.9 Å². The van der Waals surface area contributed by atoms with E-state index < -0.39 is 29.7 Å². The van der Waals surface area contributed by atoms with Crippen LogP contribution in [0.1, 0.15) is 52.0 Å². The van der Waals surface area contributed by atoms with Crippen molar-refractivity contribution in [3.8, 4) is 0 Å². The van der Waals surface area contributed by atoms with Crippen LogP contribution in [0.3, 0.4) is 0 Å². The Morgan fingerprint density at radius 2 is 1.74 bits per heavy atom. The highest BCUT2D eigenvalue weighted by atomic mass is 16.3. The van der Waals surface area contributed by atoms with Crippen molar-refractivity contribution in [1.29, 1.82) is 0 Å². The number of aliphatic hydroxyl groups is 1. The van der Waals surface area contributed by atoms with Gasteiger partial charge in [-0.25, -0.2) is 0 Å². The Balaban J connectivity index is 1.72. The lowest BCUT2D eigenvalue weighted by atomic mass is 10.0. The molecule has 27 heavy (non-hydrogen) atoms. The first kappa shape index (κ1) is 17.7. The molecule has 8 heteroatoms. The Bertz CT molecular complexity index is 857. The van der Waals surface area contributed by atoms with Crippen LogP contribution < -0.4 is 10.2 Å². The normalized spacial score (nSPS) is 23.7. The van der Waals surface area contributed by atoms with E-state index >= 15 is 0 Å². The number of fused-ring (bicyclic) bond motifs is 1. The van der Waals surface area contributed by atoms with Gasteiger partial charge in [-0.05, 0) is 43.9 Å². The Morgan fingerprint density at radius 1 is 1.04 bits per heavy atom. The fourth-order valence-electron chi connectivity index (χ4n) is 4.07. The van der Waals surface area contributed by atoms with E-state index in [-0.39, 0.29) is 18.9 Å². The number of carbonyl (C=O) groups is 4. The highest BCUT2D eigenvalue weighted by Crippen LogP contribution is 2.36. The van der Waals surface area contributed by atoms with Gasteiger partial charge in [0.25, 0.3) is 11.8 Å². The predicted octanol–water partition coefficient (Wildman–Crippen LogP) is 0.357. The van der Waals surface area contributed by atoms with Crippen molar-refractivity contribution >= 4 is 29.3 Å². The molecule has 0 spiro atoms. The average molecular weight is 371 g/mol. The molecule has 0 aliphatic carbocycles. The summed E-state index contributed by atoms with van der Waals surface area (Å²) in [7, 11) is 0. The van der Waals surface area contributed by atoms with Crippen LogP contribution in [0.2, 0.25) is 0 Å². The largest absolute Gasteiger partial charge is 0.393 e. The predicted molar refractivity (Wildman–Crippen MR) is 95.3 cm³/mol. The van der Waals surface area contributed by atoms with Gasteiger partial charge in [0.1, 0.15) is 6.04 Å². The molecule has 4 rings (SSSR count). The fourth-order valence-corrected chi connectivity index (χ4v) is 4.07. The second-order valence-electron chi connectivity index (χ2n) is 7.37. The SMILES string of the molecule is Cc1cc2c(c(N3CCC(O)CC3)c1)C(=O)N(C1CCC(=O)NC1=O)C2=O. The van der Waals surface area contributed by atoms with Gasteiger partial charge in [0, 0.05) is 19.5 Å². The van der Waals surface area contributed by atoms with Crippen molar-refractivity contribution in [3.05, 3.63) is 28.8 Å². The summed E-state index contributed by atoms with van der Waals surface area (Å²) in [6, 6.07) is 2.57. The van der Waals surface area contributed by atoms with Crippen molar-refractivity contribution in [2.45, 2.75) is 44.8 Å². The maximum absolute atomic E-state index is 13.1. The van der Waals surface area contributed by atoms with Crippen LogP contribution in [0.4, 0.5) is 5.69 Å². The van der Waals surface area contributed by atoms with E-state index in [9.17, 15) is 24.3 Å². The second-order valence-corrected chi connectivity index (χ2v) is 7.37. The Hall–Kier alpha value is -2.74. The number of benzene rings is 1. The van der Waals surface area contributed by atoms with Crippen LogP contribution in [0.15, 0.2) is 12.1 Å². The highest BCUT2D eigenvalue weighted by Gasteiger charge is 2.46. The number of carbonyl (C=O) groups excluding carboxylic acids is 4. The first-order valence-corrected chi connectivity index (χ1v) is 9.16. The number of hydrogen-bond donors (Lipinski definition) is 2. The number of rotatable bonds is 2. The molecule has 2 N–H and O–H groups in total. The number of anilines is 1. The number of aliphatic hydroxyl groups excluding tert-OH is 1. The lowest BCUT2D eigenvalue weighted by Crippen LogP contribution is -2.54. The molecular weight excluding hydrogens is 350 g/mol. The summed E-state index contributed by atoms with van der Waals surface area (Å²) in [6.45, 7) is 3.04. The minimum atomic E-state index is -0.966. The van der Waals surface area contributed by atoms with Gasteiger partial charge in [-0.2, -0.15) is 0 Å². The second kappa shape index (κ2) is 6.45. The monoisotopic (exact) mass is 371 g/mol. The van der Waals surface area contributed by atoms with Gasteiger partial charge in [-0.3, -0.25) is 29.4 Å². The average Bonchev–Trinajstić information content (AvgIpc) is 2.86. The van der Waals surface area contributed by atoms with Gasteiger partial charge in [0.05, 0.1) is 22.9 Å². The number of aryl methyl sites for hydroxylation is 1. The molecule has 1 aromatic carbocycles. The molecule has 3 heterocycles. The molecule has 1 atom stereocenters. The number of nitrogens with zero attached hydrogens (tertiary/aromatic N) is 2. The standard InChI is InChI=1S/C19H21N3O5/c1-10-8-12-16(14(9-10)21-6-4-11(23)5-7-21)19(27)22(18(12)26)13-2-3-15(24)20-17(13)25/h8-9,11,13,23H,2-7H2,1H3,(H,20,24,25). The van der Waals surface area contributed by atoms with E-state index in [0.29, 0.717) is 42.7 Å². The minimum Gasteiger partial charge on any atom is -0.393 e. The third-order valence-electron chi connectivity index (χ3n) is 5.47. The summed E-state index contributed by atoms with van der Waals surface area (Å²) in [5, 5.41) is 12.0. The number of imide groups is 2. The lowest BCUT2D eigenvalue weighted by molar-refractivity contribution is -0.136. The molecule has 0 bridgehead atoms. The van der Waals surface area contributed by atoms with Gasteiger partial charge in [0.2, 0.25) is 11.8 Å². The summed E-state index contributed by atoms with van der Waals surface area (Å²) in [6.07, 6.45) is 1.08. The Labute approximate surface area is 156 Å². The molecule has 8 nitrogen and oxygen atoms in total. The lowest BCUT2D eigenvalue weighted by Gasteiger charge is -2.33. The van der Waals surface area contributed by atoms with Gasteiger partial charge in [-0.1, -0.05) is 0 Å². The molecule has 0 radical (unpaired) electrons. The third-order valence-corrected chi connectivity index (χ3v) is 5.47. The molecule has 3 aliphatic heterocycles. The Kier molecular flexibility index (Phi) is 4.22. The number of amides is 4. The topological polar surface area (TPSA) is 107 Å². The summed E-state index contributed by atoms with van der Waals surface area (Å²) >= 11 is 0. The summed E-state index contributed by atoms with van der Waals surface area (Å²) < 4.78 is 0. The van der Waals surface area contributed by atoms with Gasteiger partial charge in [-0.15, -0.1) is 0 Å². The maximum Gasteiger partial charge on any atom is 0.264 e. The van der Waals surface area contributed by atoms with E-state index in [1.54, 1.807) is 6.07 Å². The van der Waals surface area contributed by atoms with Gasteiger partial charge >= 0.3 is 0 Å². The van der Waals surface area contributed by atoms with Crippen molar-refractivity contribution in [2.24, 2.45) is 0 Å². The highest BCUT2D eigenvalue weighted by molar-refractivity contribution is 6.25. The van der Waals surface area contributed by atoms with E-state index in [1.165, 1.54) is 0 Å². The zero-order valence-electron chi connectivity index (χ0n) is 15.0. The molecule has 0 aromatic heterocycles. The van der Waals surface area contributed by atoms with Gasteiger partial charge < -0.3 is 10.0 Å². The molecule has 4 amide bonds. The zero-order chi connectivity index (χ0) is 19.3. The van der Waals surface area contributed by atoms with Crippen molar-refractivity contribution in [2.75, 3.05) is 18.0 Å². The molecule has 3 aliphatic rings. The third kappa shape index (κ3) is 2.90. The smallest absolute Gasteiger partial charge is 0.264 e. The molecular formula is C19H21N3O5. The first-order valence-electron chi connectivity index (χ1n) is 9.16. The minimum absolute atomic E-state index is 0.0969. The van der Waals surface area contributed by atoms with Crippen molar-refractivity contribution < 1.29 is 24.3 Å². The maximum atomic E-state index is 13.1. The summed E-state index contributed by atoms with van der Waals surface area (Å²) in [5.74, 6) is -1.99. The summed E-state index contributed by atoms with van der Waals surface area (Å²) in [5.41, 5.74) is 2.13. The fraction of sp³-hybridized carbons (Fsp3) is 0.474. The van der Waals surface area contributed by atoms with Crippen molar-refractivity contribution in [1.82, 2.24) is 10.2 Å². The molecule has 2 saturated heterocycles. The van der Waals surface area contributed by atoms with Crippen LogP contribution in [-0.2, 0) is 9.59 Å². The summed E-state index contributed by atoms with van der Waals surface area (Å²) in [4.78, 5) is 52.7. The molecule has 142 valence electrons. The van der Waals surface area contributed by atoms with Crippen LogP contribution >= 0.6 is 0 Å². The van der Waals surface area contributed by atoms with Crippen LogP contribution in [0.25, 0.3) is 0 Å². The van der Waals surface area contributed by atoms with E-state index in [0.717, 1.165) is 10.5 Å². The quantitative estimate of drug-likeness (QED) is 0.727. The number of nitrogens with one attached hydrogen (secondary N) is 1.